The van der Waals surface area contributed by atoms with Gasteiger partial charge in [0.05, 0.1) is 11.7 Å². The number of aromatic nitrogens is 2. The lowest BCUT2D eigenvalue weighted by atomic mass is 10.2. The molecule has 1 unspecified atom stereocenters. The van der Waals surface area contributed by atoms with Gasteiger partial charge >= 0.3 is 0 Å². The van der Waals surface area contributed by atoms with Crippen molar-refractivity contribution >= 4 is 0 Å². The third-order valence-corrected chi connectivity index (χ3v) is 2.73. The first-order valence-corrected chi connectivity index (χ1v) is 6.58. The van der Waals surface area contributed by atoms with Gasteiger partial charge in [-0.2, -0.15) is 5.10 Å². The fourth-order valence-electron chi connectivity index (χ4n) is 1.98. The molecule has 1 atom stereocenters. The average Bonchev–Trinajstić information content (AvgIpc) is 2.72. The summed E-state index contributed by atoms with van der Waals surface area (Å²) in [5.41, 5.74) is 1.30. The molecule has 1 aromatic rings. The highest BCUT2D eigenvalue weighted by Gasteiger charge is 2.15. The Morgan fingerprint density at radius 1 is 1.35 bits per heavy atom. The Balaban J connectivity index is 2.75. The van der Waals surface area contributed by atoms with Crippen molar-refractivity contribution in [3.8, 4) is 0 Å². The molecule has 0 aliphatic rings. The van der Waals surface area contributed by atoms with Crippen molar-refractivity contribution in [1.82, 2.24) is 20.0 Å². The first kappa shape index (κ1) is 14.2. The lowest BCUT2D eigenvalue weighted by Gasteiger charge is -2.23. The van der Waals surface area contributed by atoms with Gasteiger partial charge < -0.3 is 10.2 Å². The van der Waals surface area contributed by atoms with E-state index in [4.69, 9.17) is 0 Å². The molecule has 1 N–H and O–H groups in total. The van der Waals surface area contributed by atoms with Gasteiger partial charge in [-0.25, -0.2) is 0 Å². The summed E-state index contributed by atoms with van der Waals surface area (Å²) in [5, 5.41) is 8.00. The van der Waals surface area contributed by atoms with E-state index in [9.17, 15) is 0 Å². The fraction of sp³-hybridized carbons (Fsp3) is 0.769. The van der Waals surface area contributed by atoms with E-state index >= 15 is 0 Å². The lowest BCUT2D eigenvalue weighted by molar-refractivity contribution is 0.329. The van der Waals surface area contributed by atoms with Crippen molar-refractivity contribution in [2.24, 2.45) is 0 Å². The molecule has 0 amide bonds. The first-order valence-electron chi connectivity index (χ1n) is 6.58. The van der Waals surface area contributed by atoms with Gasteiger partial charge in [0.2, 0.25) is 0 Å². The van der Waals surface area contributed by atoms with E-state index < -0.39 is 0 Å². The molecule has 98 valence electrons. The molecule has 0 radical (unpaired) electrons. The van der Waals surface area contributed by atoms with E-state index in [-0.39, 0.29) is 0 Å². The van der Waals surface area contributed by atoms with Crippen molar-refractivity contribution < 1.29 is 0 Å². The van der Waals surface area contributed by atoms with E-state index in [1.807, 2.05) is 6.20 Å². The Kier molecular flexibility index (Phi) is 6.22. The third-order valence-electron chi connectivity index (χ3n) is 2.73. The van der Waals surface area contributed by atoms with Crippen molar-refractivity contribution in [2.45, 2.75) is 39.3 Å². The SMILES string of the molecule is CCCNC(CN(C)C)c1ccnn1CCC. The number of hydrogen-bond donors (Lipinski definition) is 1. The predicted octanol–water partition coefficient (Wildman–Crippen LogP) is 1.90. The summed E-state index contributed by atoms with van der Waals surface area (Å²) in [5.74, 6) is 0. The molecule has 4 heteroatoms. The molecule has 0 aromatic carbocycles. The molecule has 0 bridgehead atoms. The molecular weight excluding hydrogens is 212 g/mol. The van der Waals surface area contributed by atoms with Gasteiger partial charge in [0, 0.05) is 19.3 Å². The minimum atomic E-state index is 0.374. The smallest absolute Gasteiger partial charge is 0.0620 e. The van der Waals surface area contributed by atoms with E-state index in [2.05, 4.69) is 54.0 Å². The van der Waals surface area contributed by atoms with Crippen molar-refractivity contribution in [3.05, 3.63) is 18.0 Å². The predicted molar refractivity (Wildman–Crippen MR) is 72.1 cm³/mol. The molecule has 0 aliphatic heterocycles. The van der Waals surface area contributed by atoms with Crippen LogP contribution < -0.4 is 5.32 Å². The van der Waals surface area contributed by atoms with Crippen molar-refractivity contribution in [2.75, 3.05) is 27.2 Å². The van der Waals surface area contributed by atoms with Crippen LogP contribution in [0.5, 0.6) is 0 Å². The molecule has 0 saturated heterocycles. The van der Waals surface area contributed by atoms with Crippen LogP contribution in [0.25, 0.3) is 0 Å². The molecule has 4 nitrogen and oxygen atoms in total. The number of nitrogens with zero attached hydrogens (tertiary/aromatic N) is 3. The quantitative estimate of drug-likeness (QED) is 0.751. The minimum Gasteiger partial charge on any atom is -0.308 e. The normalized spacial score (nSPS) is 13.2. The summed E-state index contributed by atoms with van der Waals surface area (Å²) in [6.07, 6.45) is 4.18. The van der Waals surface area contributed by atoms with E-state index in [1.54, 1.807) is 0 Å². The second-order valence-electron chi connectivity index (χ2n) is 4.75. The van der Waals surface area contributed by atoms with Crippen LogP contribution in [-0.2, 0) is 6.54 Å². The molecule has 0 fully saturated rings. The molecule has 0 aliphatic carbocycles. The van der Waals surface area contributed by atoms with Crippen LogP contribution in [0.2, 0.25) is 0 Å². The summed E-state index contributed by atoms with van der Waals surface area (Å²) < 4.78 is 2.12. The number of hydrogen-bond acceptors (Lipinski definition) is 3. The zero-order valence-corrected chi connectivity index (χ0v) is 11.6. The Morgan fingerprint density at radius 3 is 2.71 bits per heavy atom. The van der Waals surface area contributed by atoms with Crippen LogP contribution in [0.4, 0.5) is 0 Å². The zero-order valence-electron chi connectivity index (χ0n) is 11.6. The van der Waals surface area contributed by atoms with E-state index in [1.165, 1.54) is 5.69 Å². The zero-order chi connectivity index (χ0) is 12.7. The topological polar surface area (TPSA) is 33.1 Å². The second-order valence-corrected chi connectivity index (χ2v) is 4.75. The molecule has 0 spiro atoms. The van der Waals surface area contributed by atoms with Gasteiger partial charge in [-0.15, -0.1) is 0 Å². The summed E-state index contributed by atoms with van der Waals surface area (Å²) in [7, 11) is 4.22. The summed E-state index contributed by atoms with van der Waals surface area (Å²) in [6.45, 7) is 7.44. The maximum atomic E-state index is 4.40. The molecular formula is C13H26N4. The van der Waals surface area contributed by atoms with Gasteiger partial charge in [-0.3, -0.25) is 4.68 Å². The number of aryl methyl sites for hydroxylation is 1. The highest BCUT2D eigenvalue weighted by molar-refractivity contribution is 5.07. The van der Waals surface area contributed by atoms with E-state index in [0.29, 0.717) is 6.04 Å². The van der Waals surface area contributed by atoms with E-state index in [0.717, 1.165) is 32.5 Å². The molecule has 1 rings (SSSR count). The number of rotatable bonds is 8. The third kappa shape index (κ3) is 4.48. The Bertz CT molecular complexity index is 306. The second kappa shape index (κ2) is 7.45. The highest BCUT2D eigenvalue weighted by Crippen LogP contribution is 2.14. The van der Waals surface area contributed by atoms with Crippen LogP contribution in [0, 0.1) is 0 Å². The highest BCUT2D eigenvalue weighted by atomic mass is 15.3. The largest absolute Gasteiger partial charge is 0.308 e. The number of nitrogens with one attached hydrogen (secondary N) is 1. The van der Waals surface area contributed by atoms with Gasteiger partial charge in [0.15, 0.2) is 0 Å². The van der Waals surface area contributed by atoms with Crippen LogP contribution in [0.3, 0.4) is 0 Å². The fourth-order valence-corrected chi connectivity index (χ4v) is 1.98. The Morgan fingerprint density at radius 2 is 2.12 bits per heavy atom. The molecule has 0 saturated carbocycles. The summed E-state index contributed by atoms with van der Waals surface area (Å²) in [6, 6.07) is 2.51. The molecule has 17 heavy (non-hydrogen) atoms. The monoisotopic (exact) mass is 238 g/mol. The molecule has 1 aromatic heterocycles. The van der Waals surface area contributed by atoms with Gasteiger partial charge in [-0.05, 0) is 39.5 Å². The first-order chi connectivity index (χ1) is 8.19. The van der Waals surface area contributed by atoms with Gasteiger partial charge in [0.25, 0.3) is 0 Å². The van der Waals surface area contributed by atoms with Crippen molar-refractivity contribution in [1.29, 1.82) is 0 Å². The standard InChI is InChI=1S/C13H26N4/c1-5-8-14-12(11-16(3)4)13-7-9-15-17(13)10-6-2/h7,9,12,14H,5-6,8,10-11H2,1-4H3. The Hall–Kier alpha value is -0.870. The van der Waals surface area contributed by atoms with Gasteiger partial charge in [0.1, 0.15) is 0 Å². The number of likely N-dealkylation sites (N-methyl/N-ethyl adjacent to an activating group) is 1. The van der Waals surface area contributed by atoms with Gasteiger partial charge in [-0.1, -0.05) is 13.8 Å². The van der Waals surface area contributed by atoms with Crippen molar-refractivity contribution in [3.63, 3.8) is 0 Å². The maximum Gasteiger partial charge on any atom is 0.0620 e. The molecule has 1 heterocycles. The minimum absolute atomic E-state index is 0.374. The van der Waals surface area contributed by atoms with Crippen LogP contribution in [-0.4, -0.2) is 41.9 Å². The van der Waals surface area contributed by atoms with Crippen LogP contribution in [0.15, 0.2) is 12.3 Å². The summed E-state index contributed by atoms with van der Waals surface area (Å²) >= 11 is 0. The average molecular weight is 238 g/mol. The summed E-state index contributed by atoms with van der Waals surface area (Å²) in [4.78, 5) is 2.22. The van der Waals surface area contributed by atoms with Crippen LogP contribution in [0.1, 0.15) is 38.4 Å². The lowest BCUT2D eigenvalue weighted by Crippen LogP contribution is -2.33. The Labute approximate surface area is 105 Å². The maximum absolute atomic E-state index is 4.40. The van der Waals surface area contributed by atoms with Crippen LogP contribution >= 0.6 is 0 Å².